The lowest BCUT2D eigenvalue weighted by Crippen LogP contribution is -2.34. The van der Waals surface area contributed by atoms with Gasteiger partial charge < -0.3 is 15.0 Å². The SMILES string of the molecule is CCCC(NC(=O)Cc1ccc(C(=O)OCC)cc1)c1c(Cl)cccc1N1CCCCC1. The van der Waals surface area contributed by atoms with Crippen LogP contribution in [-0.2, 0) is 16.0 Å². The van der Waals surface area contributed by atoms with Gasteiger partial charge in [0.15, 0.2) is 0 Å². The number of nitrogens with zero attached hydrogens (tertiary/aromatic N) is 1. The van der Waals surface area contributed by atoms with Crippen molar-refractivity contribution in [3.05, 3.63) is 64.2 Å². The minimum atomic E-state index is -0.351. The Balaban J connectivity index is 1.74. The molecule has 1 fully saturated rings. The number of hydrogen-bond acceptors (Lipinski definition) is 4. The van der Waals surface area contributed by atoms with Crippen LogP contribution in [0.2, 0.25) is 5.02 Å². The standard InChI is InChI=1S/C26H33ClN2O3/c1-3-9-22(25-21(27)10-8-11-23(25)29-16-6-5-7-17-29)28-24(30)18-19-12-14-20(15-13-19)26(31)32-4-2/h8,10-15,22H,3-7,9,16-18H2,1-2H3,(H,28,30). The molecule has 0 saturated carbocycles. The van der Waals surface area contributed by atoms with E-state index < -0.39 is 0 Å². The number of esters is 1. The van der Waals surface area contributed by atoms with Crippen LogP contribution in [0.15, 0.2) is 42.5 Å². The van der Waals surface area contributed by atoms with E-state index in [0.29, 0.717) is 17.2 Å². The lowest BCUT2D eigenvalue weighted by Gasteiger charge is -2.33. The van der Waals surface area contributed by atoms with E-state index in [1.807, 2.05) is 12.1 Å². The van der Waals surface area contributed by atoms with Gasteiger partial charge in [-0.05, 0) is 62.4 Å². The molecule has 1 aliphatic heterocycles. The maximum absolute atomic E-state index is 12.9. The van der Waals surface area contributed by atoms with E-state index in [2.05, 4.69) is 23.2 Å². The van der Waals surface area contributed by atoms with Gasteiger partial charge in [-0.15, -0.1) is 0 Å². The van der Waals surface area contributed by atoms with Crippen molar-refractivity contribution in [2.45, 2.75) is 58.4 Å². The van der Waals surface area contributed by atoms with Gasteiger partial charge in [0.05, 0.1) is 24.6 Å². The Morgan fingerprint density at radius 1 is 1.06 bits per heavy atom. The molecule has 0 radical (unpaired) electrons. The molecule has 1 heterocycles. The highest BCUT2D eigenvalue weighted by molar-refractivity contribution is 6.31. The molecule has 1 saturated heterocycles. The van der Waals surface area contributed by atoms with Crippen molar-refractivity contribution < 1.29 is 14.3 Å². The van der Waals surface area contributed by atoms with Crippen LogP contribution in [0.4, 0.5) is 5.69 Å². The van der Waals surface area contributed by atoms with Gasteiger partial charge in [0.1, 0.15) is 0 Å². The van der Waals surface area contributed by atoms with Gasteiger partial charge in [-0.3, -0.25) is 4.79 Å². The number of halogens is 1. The third-order valence-electron chi connectivity index (χ3n) is 5.82. The molecule has 0 spiro atoms. The molecule has 5 nitrogen and oxygen atoms in total. The van der Waals surface area contributed by atoms with Crippen molar-refractivity contribution in [2.75, 3.05) is 24.6 Å². The Morgan fingerprint density at radius 2 is 1.78 bits per heavy atom. The van der Waals surface area contributed by atoms with Crippen molar-refractivity contribution in [1.82, 2.24) is 5.32 Å². The highest BCUT2D eigenvalue weighted by Crippen LogP contribution is 2.36. The number of nitrogens with one attached hydrogen (secondary N) is 1. The molecule has 0 aromatic heterocycles. The quantitative estimate of drug-likeness (QED) is 0.491. The summed E-state index contributed by atoms with van der Waals surface area (Å²) in [6, 6.07) is 12.9. The largest absolute Gasteiger partial charge is 0.462 e. The average Bonchev–Trinajstić information content (AvgIpc) is 2.80. The minimum Gasteiger partial charge on any atom is -0.462 e. The van der Waals surface area contributed by atoms with Gasteiger partial charge in [-0.25, -0.2) is 4.79 Å². The highest BCUT2D eigenvalue weighted by Gasteiger charge is 2.24. The summed E-state index contributed by atoms with van der Waals surface area (Å²) in [6.45, 7) is 6.27. The number of hydrogen-bond donors (Lipinski definition) is 1. The third-order valence-corrected chi connectivity index (χ3v) is 6.15. The molecule has 1 amide bonds. The lowest BCUT2D eigenvalue weighted by molar-refractivity contribution is -0.121. The summed E-state index contributed by atoms with van der Waals surface area (Å²) in [7, 11) is 0. The molecule has 0 bridgehead atoms. The lowest BCUT2D eigenvalue weighted by atomic mass is 9.97. The molecule has 3 rings (SSSR count). The van der Waals surface area contributed by atoms with E-state index in [1.54, 1.807) is 31.2 Å². The highest BCUT2D eigenvalue weighted by atomic mass is 35.5. The zero-order valence-electron chi connectivity index (χ0n) is 19.0. The smallest absolute Gasteiger partial charge is 0.338 e. The van der Waals surface area contributed by atoms with Gasteiger partial charge in [-0.2, -0.15) is 0 Å². The van der Waals surface area contributed by atoms with E-state index in [0.717, 1.165) is 42.7 Å². The van der Waals surface area contributed by atoms with Gasteiger partial charge in [0.25, 0.3) is 0 Å². The van der Waals surface area contributed by atoms with E-state index >= 15 is 0 Å². The Bertz CT molecular complexity index is 908. The van der Waals surface area contributed by atoms with Crippen molar-refractivity contribution in [3.63, 3.8) is 0 Å². The predicted molar refractivity (Wildman–Crippen MR) is 129 cm³/mol. The first-order chi connectivity index (χ1) is 15.5. The minimum absolute atomic E-state index is 0.0585. The predicted octanol–water partition coefficient (Wildman–Crippen LogP) is 5.71. The summed E-state index contributed by atoms with van der Waals surface area (Å²) in [5.41, 5.74) is 3.49. The van der Waals surface area contributed by atoms with Crippen LogP contribution in [0.5, 0.6) is 0 Å². The summed E-state index contributed by atoms with van der Waals surface area (Å²) in [6.07, 6.45) is 5.61. The molecule has 32 heavy (non-hydrogen) atoms. The second-order valence-corrected chi connectivity index (χ2v) is 8.63. The van der Waals surface area contributed by atoms with Crippen molar-refractivity contribution >= 4 is 29.2 Å². The number of rotatable bonds is 9. The van der Waals surface area contributed by atoms with Crippen LogP contribution in [0.1, 0.15) is 73.5 Å². The molecule has 2 aromatic rings. The Morgan fingerprint density at radius 3 is 2.44 bits per heavy atom. The molecule has 172 valence electrons. The molecule has 1 N–H and O–H groups in total. The van der Waals surface area contributed by atoms with Crippen molar-refractivity contribution in [2.24, 2.45) is 0 Å². The molecule has 1 aliphatic rings. The number of carbonyl (C=O) groups excluding carboxylic acids is 2. The van der Waals surface area contributed by atoms with Gasteiger partial charge >= 0.3 is 5.97 Å². The topological polar surface area (TPSA) is 58.6 Å². The summed E-state index contributed by atoms with van der Waals surface area (Å²) in [4.78, 5) is 27.2. The second kappa shape index (κ2) is 11.9. The van der Waals surface area contributed by atoms with E-state index in [1.165, 1.54) is 19.3 Å². The molecule has 0 aliphatic carbocycles. The molecule has 6 heteroatoms. The van der Waals surface area contributed by atoms with E-state index in [-0.39, 0.29) is 24.3 Å². The van der Waals surface area contributed by atoms with Gasteiger partial charge in [0.2, 0.25) is 5.91 Å². The summed E-state index contributed by atoms with van der Waals surface area (Å²) >= 11 is 6.67. The van der Waals surface area contributed by atoms with Crippen molar-refractivity contribution in [1.29, 1.82) is 0 Å². The maximum atomic E-state index is 12.9. The fourth-order valence-corrected chi connectivity index (χ4v) is 4.56. The Kier molecular flexibility index (Phi) is 8.98. The van der Waals surface area contributed by atoms with Crippen molar-refractivity contribution in [3.8, 4) is 0 Å². The molecule has 2 aromatic carbocycles. The summed E-state index contributed by atoms with van der Waals surface area (Å²) in [5, 5.41) is 3.92. The van der Waals surface area contributed by atoms with Crippen LogP contribution in [0.25, 0.3) is 0 Å². The fraction of sp³-hybridized carbons (Fsp3) is 0.462. The molecule has 1 atom stereocenters. The van der Waals surface area contributed by atoms with Crippen LogP contribution in [0, 0.1) is 0 Å². The normalized spacial score (nSPS) is 14.7. The molecular formula is C26H33ClN2O3. The zero-order valence-corrected chi connectivity index (χ0v) is 19.8. The Labute approximate surface area is 196 Å². The maximum Gasteiger partial charge on any atom is 0.338 e. The summed E-state index contributed by atoms with van der Waals surface area (Å²) < 4.78 is 5.02. The van der Waals surface area contributed by atoms with Crippen LogP contribution in [-0.4, -0.2) is 31.6 Å². The third kappa shape index (κ3) is 6.26. The average molecular weight is 457 g/mol. The van der Waals surface area contributed by atoms with Gasteiger partial charge in [0, 0.05) is 29.4 Å². The number of carbonyl (C=O) groups is 2. The Hall–Kier alpha value is -2.53. The number of ether oxygens (including phenoxy) is 1. The first-order valence-corrected chi connectivity index (χ1v) is 12.0. The van der Waals surface area contributed by atoms with Crippen LogP contribution < -0.4 is 10.2 Å². The first-order valence-electron chi connectivity index (χ1n) is 11.6. The number of benzene rings is 2. The second-order valence-electron chi connectivity index (χ2n) is 8.22. The fourth-order valence-electron chi connectivity index (χ4n) is 4.26. The number of amides is 1. The van der Waals surface area contributed by atoms with E-state index in [9.17, 15) is 9.59 Å². The molecule has 1 unspecified atom stereocenters. The van der Waals surface area contributed by atoms with Crippen LogP contribution in [0.3, 0.4) is 0 Å². The zero-order chi connectivity index (χ0) is 22.9. The number of piperidine rings is 1. The number of anilines is 1. The monoisotopic (exact) mass is 456 g/mol. The van der Waals surface area contributed by atoms with Gasteiger partial charge in [-0.1, -0.05) is 43.1 Å². The van der Waals surface area contributed by atoms with Crippen LogP contribution >= 0.6 is 11.6 Å². The van der Waals surface area contributed by atoms with E-state index in [4.69, 9.17) is 16.3 Å². The first kappa shape index (κ1) is 24.1. The summed E-state index contributed by atoms with van der Waals surface area (Å²) in [5.74, 6) is -0.410. The molecular weight excluding hydrogens is 424 g/mol.